The van der Waals surface area contributed by atoms with Gasteiger partial charge in [-0.2, -0.15) is 0 Å². The molecular weight excluding hydrogens is 256 g/mol. The largest absolute Gasteiger partial charge is 0.312 e. The highest BCUT2D eigenvalue weighted by atomic mass is 15.2. The summed E-state index contributed by atoms with van der Waals surface area (Å²) in [6.45, 7) is 6.27. The fourth-order valence-electron chi connectivity index (χ4n) is 5.43. The second-order valence-electron chi connectivity index (χ2n) is 7.90. The van der Waals surface area contributed by atoms with Gasteiger partial charge in [0.25, 0.3) is 0 Å². The van der Waals surface area contributed by atoms with Crippen molar-refractivity contribution < 1.29 is 0 Å². The van der Waals surface area contributed by atoms with Gasteiger partial charge in [-0.05, 0) is 64.1 Å². The number of nitrogens with one attached hydrogen (secondary N) is 1. The van der Waals surface area contributed by atoms with Gasteiger partial charge < -0.3 is 5.32 Å². The van der Waals surface area contributed by atoms with Crippen LogP contribution in [-0.4, -0.2) is 36.1 Å². The van der Waals surface area contributed by atoms with Gasteiger partial charge in [0, 0.05) is 11.6 Å². The standard InChI is InChI=1S/C19H36N2/c1-2-13-20-18(16-17-9-3-4-10-17)19(11-5-6-12-19)21-14-7-8-15-21/h17-18,20H,2-16H2,1H3. The minimum Gasteiger partial charge on any atom is -0.312 e. The molecule has 0 bridgehead atoms. The molecule has 1 saturated heterocycles. The summed E-state index contributed by atoms with van der Waals surface area (Å²) in [5.74, 6) is 1.01. The van der Waals surface area contributed by atoms with Crippen molar-refractivity contribution in [2.24, 2.45) is 5.92 Å². The van der Waals surface area contributed by atoms with Crippen LogP contribution in [0.3, 0.4) is 0 Å². The molecule has 1 unspecified atom stereocenters. The van der Waals surface area contributed by atoms with Crippen LogP contribution in [0.5, 0.6) is 0 Å². The third-order valence-corrected chi connectivity index (χ3v) is 6.54. The Hall–Kier alpha value is -0.0800. The van der Waals surface area contributed by atoms with E-state index in [2.05, 4.69) is 17.1 Å². The molecule has 2 heteroatoms. The molecule has 2 aliphatic carbocycles. The molecule has 0 aromatic rings. The van der Waals surface area contributed by atoms with E-state index in [1.807, 2.05) is 0 Å². The quantitative estimate of drug-likeness (QED) is 0.751. The molecule has 122 valence electrons. The maximum atomic E-state index is 4.01. The Balaban J connectivity index is 1.73. The van der Waals surface area contributed by atoms with Crippen LogP contribution >= 0.6 is 0 Å². The van der Waals surface area contributed by atoms with E-state index in [0.29, 0.717) is 5.54 Å². The first-order chi connectivity index (χ1) is 10.3. The third-order valence-electron chi connectivity index (χ3n) is 6.54. The van der Waals surface area contributed by atoms with Crippen LogP contribution < -0.4 is 5.32 Å². The molecule has 1 N–H and O–H groups in total. The van der Waals surface area contributed by atoms with Gasteiger partial charge in [-0.15, -0.1) is 0 Å². The first-order valence-corrected chi connectivity index (χ1v) is 9.83. The van der Waals surface area contributed by atoms with Crippen molar-refractivity contribution in [3.05, 3.63) is 0 Å². The molecule has 1 heterocycles. The normalized spacial score (nSPS) is 28.4. The lowest BCUT2D eigenvalue weighted by Gasteiger charge is -2.46. The second kappa shape index (κ2) is 7.46. The Morgan fingerprint density at radius 3 is 2.29 bits per heavy atom. The van der Waals surface area contributed by atoms with Crippen molar-refractivity contribution in [1.29, 1.82) is 0 Å². The fourth-order valence-corrected chi connectivity index (χ4v) is 5.43. The average Bonchev–Trinajstić information content (AvgIpc) is 3.25. The summed E-state index contributed by atoms with van der Waals surface area (Å²) in [4.78, 5) is 2.91. The molecule has 0 spiro atoms. The maximum Gasteiger partial charge on any atom is 0.0362 e. The molecule has 0 amide bonds. The second-order valence-corrected chi connectivity index (χ2v) is 7.90. The topological polar surface area (TPSA) is 15.3 Å². The van der Waals surface area contributed by atoms with Gasteiger partial charge >= 0.3 is 0 Å². The number of likely N-dealkylation sites (tertiary alicyclic amines) is 1. The summed E-state index contributed by atoms with van der Waals surface area (Å²) in [5.41, 5.74) is 0.522. The van der Waals surface area contributed by atoms with Crippen LogP contribution in [0.2, 0.25) is 0 Å². The van der Waals surface area contributed by atoms with Gasteiger partial charge in [-0.25, -0.2) is 0 Å². The summed E-state index contributed by atoms with van der Waals surface area (Å²) in [6, 6.07) is 0.765. The number of hydrogen-bond donors (Lipinski definition) is 1. The highest BCUT2D eigenvalue weighted by Gasteiger charge is 2.46. The summed E-state index contributed by atoms with van der Waals surface area (Å²) in [6.07, 6.45) is 17.4. The lowest BCUT2D eigenvalue weighted by molar-refractivity contribution is 0.0658. The SMILES string of the molecule is CCCNC(CC1CCCC1)C1(N2CCCC2)CCCC1. The lowest BCUT2D eigenvalue weighted by atomic mass is 9.80. The smallest absolute Gasteiger partial charge is 0.0362 e. The van der Waals surface area contributed by atoms with Crippen molar-refractivity contribution in [3.63, 3.8) is 0 Å². The highest BCUT2D eigenvalue weighted by molar-refractivity contribution is 5.05. The molecule has 3 rings (SSSR count). The Kier molecular flexibility index (Phi) is 5.61. The molecule has 1 aliphatic heterocycles. The van der Waals surface area contributed by atoms with Gasteiger partial charge in [-0.3, -0.25) is 4.90 Å². The van der Waals surface area contributed by atoms with Crippen LogP contribution in [0.4, 0.5) is 0 Å². The van der Waals surface area contributed by atoms with Crippen LogP contribution in [0.25, 0.3) is 0 Å². The minimum absolute atomic E-state index is 0.522. The van der Waals surface area contributed by atoms with E-state index in [-0.39, 0.29) is 0 Å². The van der Waals surface area contributed by atoms with E-state index in [4.69, 9.17) is 0 Å². The van der Waals surface area contributed by atoms with Gasteiger partial charge in [0.1, 0.15) is 0 Å². The highest BCUT2D eigenvalue weighted by Crippen LogP contribution is 2.43. The minimum atomic E-state index is 0.522. The van der Waals surface area contributed by atoms with Gasteiger partial charge in [0.05, 0.1) is 0 Å². The summed E-state index contributed by atoms with van der Waals surface area (Å²) in [5, 5.41) is 4.01. The molecule has 3 fully saturated rings. The molecular formula is C19H36N2. The monoisotopic (exact) mass is 292 g/mol. The average molecular weight is 293 g/mol. The Morgan fingerprint density at radius 2 is 1.67 bits per heavy atom. The lowest BCUT2D eigenvalue weighted by Crippen LogP contribution is -2.59. The summed E-state index contributed by atoms with van der Waals surface area (Å²) in [7, 11) is 0. The molecule has 1 atom stereocenters. The predicted molar refractivity (Wildman–Crippen MR) is 90.7 cm³/mol. The number of nitrogens with zero attached hydrogens (tertiary/aromatic N) is 1. The van der Waals surface area contributed by atoms with Gasteiger partial charge in [-0.1, -0.05) is 45.4 Å². The van der Waals surface area contributed by atoms with Crippen molar-refractivity contribution in [3.8, 4) is 0 Å². The molecule has 3 aliphatic rings. The predicted octanol–water partition coefficient (Wildman–Crippen LogP) is 4.34. The van der Waals surface area contributed by atoms with Gasteiger partial charge in [0.15, 0.2) is 0 Å². The van der Waals surface area contributed by atoms with Crippen LogP contribution in [0.15, 0.2) is 0 Å². The van der Waals surface area contributed by atoms with Crippen molar-refractivity contribution in [1.82, 2.24) is 10.2 Å². The van der Waals surface area contributed by atoms with E-state index < -0.39 is 0 Å². The zero-order valence-electron chi connectivity index (χ0n) is 14.2. The first-order valence-electron chi connectivity index (χ1n) is 9.83. The van der Waals surface area contributed by atoms with E-state index in [0.717, 1.165) is 12.0 Å². The molecule has 2 nitrogen and oxygen atoms in total. The maximum absolute atomic E-state index is 4.01. The zero-order valence-corrected chi connectivity index (χ0v) is 14.2. The van der Waals surface area contributed by atoms with Crippen molar-refractivity contribution in [2.45, 2.75) is 95.6 Å². The Labute approximate surface area is 132 Å². The Bertz CT molecular complexity index is 297. The van der Waals surface area contributed by atoms with E-state index in [1.54, 1.807) is 0 Å². The van der Waals surface area contributed by atoms with Crippen LogP contribution in [0, 0.1) is 5.92 Å². The zero-order chi connectivity index (χ0) is 14.5. The third kappa shape index (κ3) is 3.47. The molecule has 0 aromatic heterocycles. The molecule has 2 saturated carbocycles. The Morgan fingerprint density at radius 1 is 1.00 bits per heavy atom. The van der Waals surface area contributed by atoms with E-state index in [9.17, 15) is 0 Å². The molecule has 21 heavy (non-hydrogen) atoms. The number of rotatable bonds is 7. The first kappa shape index (κ1) is 15.8. The van der Waals surface area contributed by atoms with Crippen LogP contribution in [0.1, 0.15) is 84.0 Å². The number of hydrogen-bond acceptors (Lipinski definition) is 2. The van der Waals surface area contributed by atoms with Crippen molar-refractivity contribution >= 4 is 0 Å². The van der Waals surface area contributed by atoms with E-state index in [1.165, 1.54) is 96.7 Å². The van der Waals surface area contributed by atoms with Gasteiger partial charge in [0.2, 0.25) is 0 Å². The molecule has 0 aromatic carbocycles. The summed E-state index contributed by atoms with van der Waals surface area (Å²) < 4.78 is 0. The van der Waals surface area contributed by atoms with Crippen LogP contribution in [-0.2, 0) is 0 Å². The van der Waals surface area contributed by atoms with Crippen molar-refractivity contribution in [2.75, 3.05) is 19.6 Å². The molecule has 0 radical (unpaired) electrons. The summed E-state index contributed by atoms with van der Waals surface area (Å²) >= 11 is 0. The van der Waals surface area contributed by atoms with E-state index >= 15 is 0 Å². The fraction of sp³-hybridized carbons (Fsp3) is 1.00.